The highest BCUT2D eigenvalue weighted by molar-refractivity contribution is 6.31. The molecule has 1 unspecified atom stereocenters. The van der Waals surface area contributed by atoms with Crippen LogP contribution in [0, 0.1) is 5.92 Å². The maximum absolute atomic E-state index is 12.7. The zero-order valence-corrected chi connectivity index (χ0v) is 58.1. The number of nitrogens with zero attached hydrogens (tertiary/aromatic N) is 8. The van der Waals surface area contributed by atoms with Gasteiger partial charge in [-0.15, -0.1) is 0 Å². The van der Waals surface area contributed by atoms with E-state index in [1.54, 1.807) is 36.9 Å². The second-order valence-corrected chi connectivity index (χ2v) is 27.2. The Balaban J connectivity index is 0.000000146. The molecule has 5 aromatic carbocycles. The monoisotopic (exact) mass is 1390 g/mol. The molecule has 0 bridgehead atoms. The van der Waals surface area contributed by atoms with Gasteiger partial charge in [-0.2, -0.15) is 0 Å². The van der Waals surface area contributed by atoms with Crippen molar-refractivity contribution in [2.45, 2.75) is 136 Å². The molecule has 0 radical (unpaired) electrons. The van der Waals surface area contributed by atoms with E-state index in [-0.39, 0.29) is 65.6 Å². The summed E-state index contributed by atoms with van der Waals surface area (Å²) in [6.45, 7) is 10.8. The minimum absolute atomic E-state index is 0.0655. The number of hydrogen-bond acceptors (Lipinski definition) is 16. The van der Waals surface area contributed by atoms with E-state index in [9.17, 15) is 60.0 Å². The molecule has 1 atom stereocenters. The minimum Gasteiger partial charge on any atom is -0.503 e. The highest BCUT2D eigenvalue weighted by Crippen LogP contribution is 2.27. The number of β-amino-alcohol motifs (C(OH)–C–C–N with tert-alkyl or cyclic N) is 1. The van der Waals surface area contributed by atoms with Gasteiger partial charge in [-0.1, -0.05) is 139 Å². The molecule has 4 fully saturated rings. The van der Waals surface area contributed by atoms with E-state index in [4.69, 9.17) is 11.6 Å². The topological polar surface area (TPSA) is 263 Å². The SMILES string of the molecule is O=c1c(O)c(CN2CCC(Cc3ccccc3)CC2)ccn1Cc1ccccc1CO.O=c1c(O)c(CN2CCC(O)C2)ccn1Cc1ccccc1CO.O=c1c(O)c(CN2CCCC2)ccn1Cc1ccccc1CO.O=c1c(O)c(CN2CCCCC2)ccn1Cc1ccccc1Cl. The van der Waals surface area contributed by atoms with Crippen molar-refractivity contribution in [1.29, 1.82) is 0 Å². The molecular weight excluding hydrogens is 1300 g/mol. The molecule has 13 rings (SSSR count). The third kappa shape index (κ3) is 20.6. The molecule has 4 saturated heterocycles. The second kappa shape index (κ2) is 37.1. The molecule has 101 heavy (non-hydrogen) atoms. The summed E-state index contributed by atoms with van der Waals surface area (Å²) < 4.78 is 5.92. The van der Waals surface area contributed by atoms with Crippen LogP contribution in [-0.2, 0) is 78.6 Å². The molecule has 4 aliphatic rings. The zero-order chi connectivity index (χ0) is 71.2. The van der Waals surface area contributed by atoms with E-state index in [2.05, 4.69) is 45.0 Å². The summed E-state index contributed by atoms with van der Waals surface area (Å²) in [6.07, 6.45) is 16.6. The van der Waals surface area contributed by atoms with Crippen molar-refractivity contribution < 1.29 is 40.9 Å². The fourth-order valence-electron chi connectivity index (χ4n) is 13.6. The van der Waals surface area contributed by atoms with Crippen LogP contribution in [0.15, 0.2) is 196 Å². The summed E-state index contributed by atoms with van der Waals surface area (Å²) in [5.74, 6) is -0.0476. The van der Waals surface area contributed by atoms with Crippen molar-refractivity contribution in [3.05, 3.63) is 290 Å². The fourth-order valence-corrected chi connectivity index (χ4v) is 13.8. The lowest BCUT2D eigenvalue weighted by atomic mass is 9.90. The van der Waals surface area contributed by atoms with Crippen LogP contribution >= 0.6 is 11.6 Å². The number of aliphatic hydroxyl groups excluding tert-OH is 4. The normalized spacial score (nSPS) is 16.0. The summed E-state index contributed by atoms with van der Waals surface area (Å²) in [7, 11) is 0. The third-order valence-electron chi connectivity index (χ3n) is 19.6. The number of rotatable bonds is 21. The van der Waals surface area contributed by atoms with Gasteiger partial charge in [0.1, 0.15) is 0 Å². The molecule has 21 heteroatoms. The lowest BCUT2D eigenvalue weighted by molar-refractivity contribution is 0.174. The fraction of sp³-hybridized carbons (Fsp3) is 0.375. The van der Waals surface area contributed by atoms with E-state index in [0.29, 0.717) is 92.1 Å². The van der Waals surface area contributed by atoms with Gasteiger partial charge in [-0.05, 0) is 171 Å². The molecule has 0 saturated carbocycles. The highest BCUT2D eigenvalue weighted by Gasteiger charge is 2.25. The Morgan fingerprint density at radius 2 is 0.634 bits per heavy atom. The van der Waals surface area contributed by atoms with Crippen LogP contribution in [0.3, 0.4) is 0 Å². The summed E-state index contributed by atoms with van der Waals surface area (Å²) in [6, 6.07) is 47.6. The van der Waals surface area contributed by atoms with Gasteiger partial charge in [0.25, 0.3) is 22.2 Å². The van der Waals surface area contributed by atoms with Crippen molar-refractivity contribution in [3.63, 3.8) is 0 Å². The van der Waals surface area contributed by atoms with Crippen LogP contribution < -0.4 is 22.2 Å². The number of aromatic hydroxyl groups is 4. The number of pyridine rings is 4. The Morgan fingerprint density at radius 3 is 0.990 bits per heavy atom. The van der Waals surface area contributed by atoms with Gasteiger partial charge in [-0.3, -0.25) is 38.8 Å². The summed E-state index contributed by atoms with van der Waals surface area (Å²) in [5.41, 5.74) is 8.26. The van der Waals surface area contributed by atoms with Crippen LogP contribution in [-0.4, -0.2) is 137 Å². The van der Waals surface area contributed by atoms with Gasteiger partial charge in [0.05, 0.1) is 52.1 Å². The second-order valence-electron chi connectivity index (χ2n) is 26.8. The Bertz CT molecular complexity index is 4410. The zero-order valence-electron chi connectivity index (χ0n) is 57.4. The molecule has 534 valence electrons. The molecule has 9 aromatic rings. The predicted octanol–water partition coefficient (Wildman–Crippen LogP) is 9.14. The lowest BCUT2D eigenvalue weighted by Crippen LogP contribution is -2.34. The first-order valence-corrected chi connectivity index (χ1v) is 35.5. The van der Waals surface area contributed by atoms with Gasteiger partial charge in [0, 0.05) is 91.3 Å². The van der Waals surface area contributed by atoms with Gasteiger partial charge in [0.2, 0.25) is 0 Å². The van der Waals surface area contributed by atoms with Crippen molar-refractivity contribution in [3.8, 4) is 23.0 Å². The van der Waals surface area contributed by atoms with Gasteiger partial charge < -0.3 is 59.1 Å². The Morgan fingerprint density at radius 1 is 0.327 bits per heavy atom. The summed E-state index contributed by atoms with van der Waals surface area (Å²) in [5, 5.41) is 79.7. The summed E-state index contributed by atoms with van der Waals surface area (Å²) in [4.78, 5) is 58.8. The largest absolute Gasteiger partial charge is 0.503 e. The Kier molecular flexibility index (Phi) is 27.5. The van der Waals surface area contributed by atoms with Crippen LogP contribution in [0.5, 0.6) is 23.0 Å². The first-order valence-electron chi connectivity index (χ1n) is 35.1. The molecule has 0 amide bonds. The number of hydrogen-bond donors (Lipinski definition) is 8. The smallest absolute Gasteiger partial charge is 0.293 e. The molecule has 4 aromatic heterocycles. The van der Waals surface area contributed by atoms with E-state index < -0.39 is 5.56 Å². The first kappa shape index (κ1) is 74.8. The van der Waals surface area contributed by atoms with Crippen molar-refractivity contribution in [2.75, 3.05) is 52.4 Å². The van der Waals surface area contributed by atoms with Gasteiger partial charge in [-0.25, -0.2) is 0 Å². The Labute approximate surface area is 594 Å². The van der Waals surface area contributed by atoms with Crippen molar-refractivity contribution in [2.24, 2.45) is 5.92 Å². The van der Waals surface area contributed by atoms with Crippen LogP contribution in [0.2, 0.25) is 5.02 Å². The maximum atomic E-state index is 12.7. The number of benzene rings is 5. The molecule has 8 N–H and O–H groups in total. The third-order valence-corrected chi connectivity index (χ3v) is 20.0. The first-order chi connectivity index (χ1) is 49.0. The molecule has 8 heterocycles. The molecule has 4 aliphatic heterocycles. The lowest BCUT2D eigenvalue weighted by Gasteiger charge is -2.32. The minimum atomic E-state index is -0.444. The quantitative estimate of drug-likeness (QED) is 0.0333. The summed E-state index contributed by atoms with van der Waals surface area (Å²) >= 11 is 6.14. The predicted molar refractivity (Wildman–Crippen MR) is 392 cm³/mol. The van der Waals surface area contributed by atoms with E-state index in [1.165, 1.54) is 55.9 Å². The average Bonchev–Trinajstić information content (AvgIpc) is 1.43. The highest BCUT2D eigenvalue weighted by atomic mass is 35.5. The number of likely N-dealkylation sites (tertiary alicyclic amines) is 4. The average molecular weight is 1400 g/mol. The van der Waals surface area contributed by atoms with Crippen molar-refractivity contribution in [1.82, 2.24) is 37.9 Å². The molecule has 0 aliphatic carbocycles. The molecular formula is C80H95ClN8O12. The molecule has 0 spiro atoms. The Hall–Kier alpha value is -8.93. The van der Waals surface area contributed by atoms with Crippen LogP contribution in [0.4, 0.5) is 0 Å². The number of piperidine rings is 2. The van der Waals surface area contributed by atoms with E-state index in [1.807, 2.05) is 114 Å². The van der Waals surface area contributed by atoms with Crippen LogP contribution in [0.1, 0.15) is 118 Å². The van der Waals surface area contributed by atoms with Gasteiger partial charge in [0.15, 0.2) is 23.0 Å². The number of aromatic nitrogens is 4. The standard InChI is InChI=1S/C26H30N2O3.C18H21ClN2O2.C18H22N2O4.C18H22N2O3/c29-19-24-9-5-4-8-22(24)18-28-15-12-23(25(30)26(28)31)17-27-13-10-21(11-14-27)16-20-6-2-1-3-7-20;19-16-7-3-2-6-14(16)13-21-11-8-15(17(22)18(21)23)12-20-9-4-1-5-10-20;21-12-15-4-2-1-3-13(15)10-20-8-5-14(17(23)18(20)24)9-19-7-6-16(22)11-19;21-13-16-6-2-1-5-14(16)12-20-10-7-15(17(22)18(20)23)11-19-8-3-4-9-19/h1-9,12,15,21,29-30H,10-11,13-14,16-19H2;2-3,6-8,11,22H,1,4-5,9-10,12-13H2;1-5,8,16,21-23H,6-7,9-12H2;1-2,5-7,10,21-22H,3-4,8-9,11-13H2. The number of aliphatic hydroxyl groups is 4. The molecule has 20 nitrogen and oxygen atoms in total. The maximum Gasteiger partial charge on any atom is 0.293 e. The van der Waals surface area contributed by atoms with Crippen LogP contribution in [0.25, 0.3) is 0 Å². The van der Waals surface area contributed by atoms with Crippen molar-refractivity contribution >= 4 is 11.6 Å². The number of halogens is 1. The van der Waals surface area contributed by atoms with Gasteiger partial charge >= 0.3 is 0 Å². The van der Waals surface area contributed by atoms with E-state index in [0.717, 1.165) is 110 Å². The van der Waals surface area contributed by atoms with E-state index >= 15 is 0 Å².